The van der Waals surface area contributed by atoms with E-state index in [1.165, 1.54) is 19.2 Å². The van der Waals surface area contributed by atoms with Gasteiger partial charge in [-0.05, 0) is 11.6 Å². The monoisotopic (exact) mass is 221 g/mol. The summed E-state index contributed by atoms with van der Waals surface area (Å²) in [5.41, 5.74) is 6.39. The molecule has 0 unspecified atom stereocenters. The quantitative estimate of drug-likeness (QED) is 0.580. The van der Waals surface area contributed by atoms with Crippen molar-refractivity contribution in [2.45, 2.75) is 6.61 Å². The number of fused-ring (bicyclic) bond motifs is 1. The van der Waals surface area contributed by atoms with Crippen LogP contribution in [-0.2, 0) is 6.61 Å². The topological polar surface area (TPSA) is 85.7 Å². The Kier molecular flexibility index (Phi) is 2.54. The maximum Gasteiger partial charge on any atom is 0.336 e. The van der Waals surface area contributed by atoms with Gasteiger partial charge in [-0.1, -0.05) is 0 Å². The zero-order valence-corrected chi connectivity index (χ0v) is 8.69. The van der Waals surface area contributed by atoms with E-state index < -0.39 is 5.63 Å². The molecule has 5 nitrogen and oxygen atoms in total. The molecule has 16 heavy (non-hydrogen) atoms. The molecule has 0 spiro atoms. The van der Waals surface area contributed by atoms with E-state index in [2.05, 4.69) is 0 Å². The Balaban J connectivity index is 2.85. The van der Waals surface area contributed by atoms with Crippen LogP contribution in [0.1, 0.15) is 5.56 Å². The van der Waals surface area contributed by atoms with Crippen molar-refractivity contribution in [3.05, 3.63) is 34.2 Å². The first kappa shape index (κ1) is 10.5. The summed E-state index contributed by atoms with van der Waals surface area (Å²) >= 11 is 0. The van der Waals surface area contributed by atoms with Crippen molar-refractivity contribution in [1.29, 1.82) is 0 Å². The summed E-state index contributed by atoms with van der Waals surface area (Å²) in [7, 11) is 1.50. The number of rotatable bonds is 2. The Labute approximate surface area is 91.1 Å². The minimum Gasteiger partial charge on any atom is -0.495 e. The van der Waals surface area contributed by atoms with Crippen LogP contribution in [0.25, 0.3) is 11.0 Å². The maximum absolute atomic E-state index is 11.2. The molecule has 2 rings (SSSR count). The van der Waals surface area contributed by atoms with Crippen LogP contribution in [0.15, 0.2) is 27.4 Å². The summed E-state index contributed by atoms with van der Waals surface area (Å²) in [6.07, 6.45) is 0. The van der Waals surface area contributed by atoms with Gasteiger partial charge in [0.25, 0.3) is 0 Å². The molecule has 84 valence electrons. The number of anilines is 1. The van der Waals surface area contributed by atoms with E-state index in [-0.39, 0.29) is 6.61 Å². The molecule has 3 N–H and O–H groups in total. The van der Waals surface area contributed by atoms with Crippen LogP contribution in [-0.4, -0.2) is 12.2 Å². The van der Waals surface area contributed by atoms with Crippen molar-refractivity contribution >= 4 is 16.7 Å². The summed E-state index contributed by atoms with van der Waals surface area (Å²) in [6.45, 7) is -0.241. The maximum atomic E-state index is 11.2. The van der Waals surface area contributed by atoms with Crippen LogP contribution >= 0.6 is 0 Å². The van der Waals surface area contributed by atoms with Crippen LogP contribution in [0, 0.1) is 0 Å². The third-order valence-electron chi connectivity index (χ3n) is 2.35. The van der Waals surface area contributed by atoms with E-state index in [1.54, 1.807) is 6.07 Å². The number of nitrogens with two attached hydrogens (primary N) is 1. The van der Waals surface area contributed by atoms with E-state index in [1.807, 2.05) is 0 Å². The molecule has 1 heterocycles. The van der Waals surface area contributed by atoms with Crippen LogP contribution in [0.5, 0.6) is 5.75 Å². The highest BCUT2D eigenvalue weighted by Gasteiger charge is 2.09. The van der Waals surface area contributed by atoms with E-state index in [0.29, 0.717) is 28.0 Å². The van der Waals surface area contributed by atoms with Crippen molar-refractivity contribution in [1.82, 2.24) is 0 Å². The molecule has 1 aromatic carbocycles. The van der Waals surface area contributed by atoms with Crippen LogP contribution in [0.3, 0.4) is 0 Å². The highest BCUT2D eigenvalue weighted by Crippen LogP contribution is 2.28. The van der Waals surface area contributed by atoms with Gasteiger partial charge in [0.05, 0.1) is 19.4 Å². The van der Waals surface area contributed by atoms with Gasteiger partial charge in [-0.15, -0.1) is 0 Å². The molecule has 0 saturated heterocycles. The molecular formula is C11H11NO4. The Morgan fingerprint density at radius 3 is 2.81 bits per heavy atom. The molecule has 2 aromatic rings. The summed E-state index contributed by atoms with van der Waals surface area (Å²) in [4.78, 5) is 11.2. The number of hydrogen-bond donors (Lipinski definition) is 2. The number of ether oxygens (including phenoxy) is 1. The largest absolute Gasteiger partial charge is 0.495 e. The van der Waals surface area contributed by atoms with Crippen LogP contribution in [0.2, 0.25) is 0 Å². The minimum atomic E-state index is -0.513. The molecule has 0 aliphatic rings. The third-order valence-corrected chi connectivity index (χ3v) is 2.35. The highest BCUT2D eigenvalue weighted by atomic mass is 16.5. The second-order valence-electron chi connectivity index (χ2n) is 3.34. The Morgan fingerprint density at radius 1 is 1.44 bits per heavy atom. The molecule has 0 amide bonds. The second kappa shape index (κ2) is 3.86. The van der Waals surface area contributed by atoms with Crippen molar-refractivity contribution in [3.63, 3.8) is 0 Å². The van der Waals surface area contributed by atoms with E-state index in [0.717, 1.165) is 0 Å². The molecule has 0 atom stereocenters. The van der Waals surface area contributed by atoms with Crippen molar-refractivity contribution in [2.24, 2.45) is 0 Å². The van der Waals surface area contributed by atoms with E-state index in [4.69, 9.17) is 20.0 Å². The number of nitrogen functional groups attached to an aromatic ring is 1. The molecule has 0 aliphatic carbocycles. The average molecular weight is 221 g/mol. The fourth-order valence-corrected chi connectivity index (χ4v) is 1.58. The van der Waals surface area contributed by atoms with Gasteiger partial charge in [0.15, 0.2) is 0 Å². The summed E-state index contributed by atoms with van der Waals surface area (Å²) in [6, 6.07) is 4.39. The predicted molar refractivity (Wildman–Crippen MR) is 59.4 cm³/mol. The number of hydrogen-bond acceptors (Lipinski definition) is 5. The zero-order chi connectivity index (χ0) is 11.7. The summed E-state index contributed by atoms with van der Waals surface area (Å²) < 4.78 is 10.0. The van der Waals surface area contributed by atoms with Crippen LogP contribution < -0.4 is 16.1 Å². The Bertz CT molecular complexity index is 588. The number of benzene rings is 1. The fourth-order valence-electron chi connectivity index (χ4n) is 1.58. The predicted octanol–water partition coefficient (Wildman–Crippen LogP) is 0.876. The average Bonchev–Trinajstić information content (AvgIpc) is 2.26. The number of aliphatic hydroxyl groups excluding tert-OH is 1. The Morgan fingerprint density at radius 2 is 2.19 bits per heavy atom. The lowest BCUT2D eigenvalue weighted by molar-refractivity contribution is 0.282. The standard InChI is InChI=1S/C11H11NO4/c1-15-10-3-7-6(5-13)2-11(14)16-9(7)4-8(10)12/h2-4,13H,5,12H2,1H3. The Hall–Kier alpha value is -2.01. The minimum absolute atomic E-state index is 0.241. The zero-order valence-electron chi connectivity index (χ0n) is 8.69. The van der Waals surface area contributed by atoms with E-state index in [9.17, 15) is 4.79 Å². The summed E-state index contributed by atoms with van der Waals surface area (Å²) in [5, 5.41) is 9.76. The smallest absolute Gasteiger partial charge is 0.336 e. The molecule has 0 aliphatic heterocycles. The third kappa shape index (κ3) is 1.61. The molecule has 1 aromatic heterocycles. The van der Waals surface area contributed by atoms with Gasteiger partial charge in [0.2, 0.25) is 0 Å². The first-order valence-corrected chi connectivity index (χ1v) is 4.67. The first-order valence-electron chi connectivity index (χ1n) is 4.67. The second-order valence-corrected chi connectivity index (χ2v) is 3.34. The SMILES string of the molecule is COc1cc2c(CO)cc(=O)oc2cc1N. The lowest BCUT2D eigenvalue weighted by Gasteiger charge is -2.07. The first-order chi connectivity index (χ1) is 7.65. The molecule has 0 fully saturated rings. The normalized spacial score (nSPS) is 10.6. The number of methoxy groups -OCH3 is 1. The van der Waals surface area contributed by atoms with Gasteiger partial charge >= 0.3 is 5.63 Å². The van der Waals surface area contributed by atoms with Crippen molar-refractivity contribution < 1.29 is 14.3 Å². The summed E-state index contributed by atoms with van der Waals surface area (Å²) in [5.74, 6) is 0.482. The van der Waals surface area contributed by atoms with Gasteiger partial charge in [-0.2, -0.15) is 0 Å². The lowest BCUT2D eigenvalue weighted by Crippen LogP contribution is -2.02. The van der Waals surface area contributed by atoms with Gasteiger partial charge in [0.1, 0.15) is 11.3 Å². The molecule has 0 bridgehead atoms. The molecular weight excluding hydrogens is 210 g/mol. The lowest BCUT2D eigenvalue weighted by atomic mass is 10.1. The molecule has 5 heteroatoms. The van der Waals surface area contributed by atoms with Gasteiger partial charge in [-0.3, -0.25) is 0 Å². The van der Waals surface area contributed by atoms with Gasteiger partial charge < -0.3 is 20.0 Å². The fraction of sp³-hybridized carbons (Fsp3) is 0.182. The highest BCUT2D eigenvalue weighted by molar-refractivity contribution is 5.86. The van der Waals surface area contributed by atoms with Gasteiger partial charge in [-0.25, -0.2) is 4.79 Å². The van der Waals surface area contributed by atoms with Gasteiger partial charge in [0, 0.05) is 17.5 Å². The van der Waals surface area contributed by atoms with Crippen molar-refractivity contribution in [2.75, 3.05) is 12.8 Å². The number of aliphatic hydroxyl groups is 1. The van der Waals surface area contributed by atoms with Crippen LogP contribution in [0.4, 0.5) is 5.69 Å². The van der Waals surface area contributed by atoms with Crippen molar-refractivity contribution in [3.8, 4) is 5.75 Å². The van der Waals surface area contributed by atoms with E-state index >= 15 is 0 Å². The molecule has 0 radical (unpaired) electrons. The molecule has 0 saturated carbocycles.